The Morgan fingerprint density at radius 1 is 1.22 bits per heavy atom. The summed E-state index contributed by atoms with van der Waals surface area (Å²) in [5.74, 6) is 0. The molecule has 1 aromatic carbocycles. The molecule has 1 saturated heterocycles. The van der Waals surface area contributed by atoms with Gasteiger partial charge in [0.25, 0.3) is 0 Å². The van der Waals surface area contributed by atoms with Gasteiger partial charge < -0.3 is 24.8 Å². The summed E-state index contributed by atoms with van der Waals surface area (Å²) in [6.07, 6.45) is -3.21. The minimum Gasteiger partial charge on any atom is -0.394 e. The van der Waals surface area contributed by atoms with E-state index in [4.69, 9.17) is 14.6 Å². The summed E-state index contributed by atoms with van der Waals surface area (Å²) in [5.41, 5.74) is 1.00. The van der Waals surface area contributed by atoms with Crippen molar-refractivity contribution >= 4 is 0 Å². The smallest absolute Gasteiger partial charge is 0.161 e. The van der Waals surface area contributed by atoms with Crippen LogP contribution in [0.3, 0.4) is 0 Å². The third-order valence-electron chi connectivity index (χ3n) is 2.99. The number of aliphatic hydroxyl groups is 3. The molecule has 4 atom stereocenters. The first-order valence-electron chi connectivity index (χ1n) is 5.98. The highest BCUT2D eigenvalue weighted by Crippen LogP contribution is 2.21. The molecule has 0 aliphatic carbocycles. The molecule has 1 unspecified atom stereocenters. The Hall–Kier alpha value is -0.980. The monoisotopic (exact) mass is 254 g/mol. The van der Waals surface area contributed by atoms with Gasteiger partial charge in [0.15, 0.2) is 6.29 Å². The third-order valence-corrected chi connectivity index (χ3v) is 2.99. The van der Waals surface area contributed by atoms with Gasteiger partial charge in [-0.3, -0.25) is 0 Å². The van der Waals surface area contributed by atoms with Gasteiger partial charge in [0.1, 0.15) is 12.2 Å². The molecule has 0 spiro atoms. The lowest BCUT2D eigenvalue weighted by molar-refractivity contribution is -0.260. The maximum absolute atomic E-state index is 9.63. The number of hydrogen-bond donors (Lipinski definition) is 3. The molecule has 5 nitrogen and oxygen atoms in total. The minimum absolute atomic E-state index is 0.199. The quantitative estimate of drug-likeness (QED) is 0.706. The maximum atomic E-state index is 9.63. The lowest BCUT2D eigenvalue weighted by atomic mass is 10.0. The zero-order valence-corrected chi connectivity index (χ0v) is 9.98. The molecule has 0 saturated carbocycles. The van der Waals surface area contributed by atoms with Crippen LogP contribution in [0.5, 0.6) is 0 Å². The van der Waals surface area contributed by atoms with E-state index in [0.717, 1.165) is 5.56 Å². The lowest BCUT2D eigenvalue weighted by Gasteiger charge is -2.36. The first kappa shape index (κ1) is 13.5. The van der Waals surface area contributed by atoms with Crippen LogP contribution in [0.1, 0.15) is 12.0 Å². The molecule has 3 N–H and O–H groups in total. The second-order valence-corrected chi connectivity index (χ2v) is 4.38. The van der Waals surface area contributed by atoms with Crippen LogP contribution in [0.15, 0.2) is 30.3 Å². The Labute approximate surface area is 106 Å². The van der Waals surface area contributed by atoms with E-state index in [1.54, 1.807) is 0 Å². The Kier molecular flexibility index (Phi) is 4.68. The van der Waals surface area contributed by atoms with Crippen molar-refractivity contribution in [1.29, 1.82) is 0 Å². The number of benzene rings is 1. The van der Waals surface area contributed by atoms with Crippen molar-refractivity contribution in [1.82, 2.24) is 0 Å². The highest BCUT2D eigenvalue weighted by molar-refractivity contribution is 5.13. The fraction of sp³-hybridized carbons (Fsp3) is 0.538. The Morgan fingerprint density at radius 2 is 1.94 bits per heavy atom. The average molecular weight is 254 g/mol. The highest BCUT2D eigenvalue weighted by atomic mass is 16.7. The van der Waals surface area contributed by atoms with E-state index < -0.39 is 24.6 Å². The summed E-state index contributed by atoms with van der Waals surface area (Å²) < 4.78 is 10.9. The van der Waals surface area contributed by atoms with Crippen molar-refractivity contribution in [2.24, 2.45) is 0 Å². The largest absolute Gasteiger partial charge is 0.394 e. The summed E-state index contributed by atoms with van der Waals surface area (Å²) >= 11 is 0. The van der Waals surface area contributed by atoms with Crippen LogP contribution in [0.4, 0.5) is 0 Å². The molecule has 1 heterocycles. The van der Waals surface area contributed by atoms with Gasteiger partial charge in [0.05, 0.1) is 19.3 Å². The van der Waals surface area contributed by atoms with Crippen LogP contribution in [0, 0.1) is 0 Å². The van der Waals surface area contributed by atoms with E-state index in [9.17, 15) is 10.2 Å². The van der Waals surface area contributed by atoms with E-state index in [1.165, 1.54) is 0 Å². The summed E-state index contributed by atoms with van der Waals surface area (Å²) in [4.78, 5) is 0. The third kappa shape index (κ3) is 3.28. The van der Waals surface area contributed by atoms with E-state index >= 15 is 0 Å². The molecule has 0 radical (unpaired) electrons. The maximum Gasteiger partial charge on any atom is 0.161 e. The molecule has 0 amide bonds. The van der Waals surface area contributed by atoms with E-state index in [2.05, 4.69) is 0 Å². The van der Waals surface area contributed by atoms with Crippen molar-refractivity contribution in [3.8, 4) is 0 Å². The molecule has 0 bridgehead atoms. The summed E-state index contributed by atoms with van der Waals surface area (Å²) in [7, 11) is 0. The predicted octanol–water partition coefficient (Wildman–Crippen LogP) is 0.0323. The van der Waals surface area contributed by atoms with Gasteiger partial charge in [0, 0.05) is 6.42 Å². The van der Waals surface area contributed by atoms with Gasteiger partial charge in [-0.05, 0) is 5.56 Å². The van der Waals surface area contributed by atoms with Crippen molar-refractivity contribution in [3.05, 3.63) is 35.9 Å². The normalized spacial score (nSPS) is 32.4. The predicted molar refractivity (Wildman–Crippen MR) is 63.6 cm³/mol. The lowest BCUT2D eigenvalue weighted by Crippen LogP contribution is -2.50. The van der Waals surface area contributed by atoms with Gasteiger partial charge in [-0.2, -0.15) is 0 Å². The van der Waals surface area contributed by atoms with Crippen LogP contribution in [0.25, 0.3) is 0 Å². The molecule has 0 aromatic heterocycles. The molecule has 1 aromatic rings. The average Bonchev–Trinajstić information content (AvgIpc) is 2.41. The number of ether oxygens (including phenoxy) is 2. The first-order chi connectivity index (χ1) is 8.70. The van der Waals surface area contributed by atoms with Gasteiger partial charge in [-0.25, -0.2) is 0 Å². The molecular weight excluding hydrogens is 236 g/mol. The number of hydrogen-bond acceptors (Lipinski definition) is 5. The van der Waals surface area contributed by atoms with E-state index in [-0.39, 0.29) is 13.0 Å². The van der Waals surface area contributed by atoms with Crippen molar-refractivity contribution in [2.75, 3.05) is 6.61 Å². The Balaban J connectivity index is 1.86. The van der Waals surface area contributed by atoms with Crippen molar-refractivity contribution in [3.63, 3.8) is 0 Å². The number of aliphatic hydroxyl groups excluding tert-OH is 3. The molecular formula is C13H18O5. The highest BCUT2D eigenvalue weighted by Gasteiger charge is 2.36. The van der Waals surface area contributed by atoms with E-state index in [0.29, 0.717) is 6.61 Å². The number of rotatable bonds is 4. The first-order valence-corrected chi connectivity index (χ1v) is 5.98. The van der Waals surface area contributed by atoms with Gasteiger partial charge in [-0.15, -0.1) is 0 Å². The van der Waals surface area contributed by atoms with Crippen LogP contribution < -0.4 is 0 Å². The minimum atomic E-state index is -1.06. The van der Waals surface area contributed by atoms with Gasteiger partial charge in [-0.1, -0.05) is 30.3 Å². The topological polar surface area (TPSA) is 79.2 Å². The van der Waals surface area contributed by atoms with Crippen LogP contribution >= 0.6 is 0 Å². The Morgan fingerprint density at radius 3 is 2.61 bits per heavy atom. The molecule has 2 rings (SSSR count). The van der Waals surface area contributed by atoms with Crippen molar-refractivity contribution in [2.45, 2.75) is 37.6 Å². The van der Waals surface area contributed by atoms with Crippen molar-refractivity contribution < 1.29 is 24.8 Å². The zero-order valence-electron chi connectivity index (χ0n) is 9.98. The zero-order chi connectivity index (χ0) is 13.0. The molecule has 100 valence electrons. The molecule has 5 heteroatoms. The van der Waals surface area contributed by atoms with Crippen LogP contribution in [-0.4, -0.2) is 46.5 Å². The van der Waals surface area contributed by atoms with Gasteiger partial charge >= 0.3 is 0 Å². The fourth-order valence-corrected chi connectivity index (χ4v) is 1.94. The SMILES string of the molecule is OC[C@H]1OC(OCc2ccccc2)C[C@@H](O)[C@@H]1O. The summed E-state index contributed by atoms with van der Waals surface area (Å²) in [6.45, 7) is 0.0237. The fourth-order valence-electron chi connectivity index (χ4n) is 1.94. The second kappa shape index (κ2) is 6.26. The summed E-state index contributed by atoms with van der Waals surface area (Å²) in [6, 6.07) is 9.60. The van der Waals surface area contributed by atoms with Crippen LogP contribution in [0.2, 0.25) is 0 Å². The molecule has 1 fully saturated rings. The standard InChI is InChI=1S/C13H18O5/c14-7-11-13(16)10(15)6-12(18-11)17-8-9-4-2-1-3-5-9/h1-5,10-16H,6-8H2/t10-,11-,12?,13+/m1/s1. The molecule has 1 aliphatic rings. The van der Waals surface area contributed by atoms with Crippen LogP contribution in [-0.2, 0) is 16.1 Å². The summed E-state index contributed by atoms with van der Waals surface area (Å²) in [5, 5.41) is 28.2. The van der Waals surface area contributed by atoms with E-state index in [1.807, 2.05) is 30.3 Å². The Bertz CT molecular complexity index is 356. The molecule has 18 heavy (non-hydrogen) atoms. The second-order valence-electron chi connectivity index (χ2n) is 4.38. The van der Waals surface area contributed by atoms with Gasteiger partial charge in [0.2, 0.25) is 0 Å². The molecule has 1 aliphatic heterocycles.